The van der Waals surface area contributed by atoms with Gasteiger partial charge < -0.3 is 10.1 Å². The number of rotatable bonds is 6. The van der Waals surface area contributed by atoms with Crippen molar-refractivity contribution in [3.05, 3.63) is 28.3 Å². The predicted molar refractivity (Wildman–Crippen MR) is 71.3 cm³/mol. The standard InChI is InChI=1S/C11H14N2O4S/c1-17-10-4-3-8(13(15)16)7-9(10)12-11(14)5-6-18-2/h3-4,7H,5-6H2,1-2H3,(H,12,14). The number of carbonyl (C=O) groups excluding carboxylic acids is 1. The molecule has 0 spiro atoms. The number of nitro groups is 1. The van der Waals surface area contributed by atoms with Gasteiger partial charge in [-0.1, -0.05) is 0 Å². The maximum Gasteiger partial charge on any atom is 0.271 e. The number of amides is 1. The molecule has 1 rings (SSSR count). The minimum atomic E-state index is -0.517. The first-order valence-electron chi connectivity index (χ1n) is 5.19. The molecule has 0 aliphatic heterocycles. The van der Waals surface area contributed by atoms with E-state index in [-0.39, 0.29) is 11.6 Å². The highest BCUT2D eigenvalue weighted by molar-refractivity contribution is 7.98. The van der Waals surface area contributed by atoms with Crippen LogP contribution in [0.2, 0.25) is 0 Å². The van der Waals surface area contributed by atoms with Gasteiger partial charge in [0.2, 0.25) is 5.91 Å². The van der Waals surface area contributed by atoms with Gasteiger partial charge in [-0.05, 0) is 12.3 Å². The van der Waals surface area contributed by atoms with Crippen LogP contribution >= 0.6 is 11.8 Å². The molecule has 0 aliphatic carbocycles. The molecule has 18 heavy (non-hydrogen) atoms. The summed E-state index contributed by atoms with van der Waals surface area (Å²) >= 11 is 1.56. The Morgan fingerprint density at radius 1 is 1.56 bits per heavy atom. The van der Waals surface area contributed by atoms with Crippen molar-refractivity contribution in [1.82, 2.24) is 0 Å². The van der Waals surface area contributed by atoms with Crippen LogP contribution in [0.5, 0.6) is 5.75 Å². The number of hydrogen-bond acceptors (Lipinski definition) is 5. The van der Waals surface area contributed by atoms with Crippen molar-refractivity contribution in [1.29, 1.82) is 0 Å². The summed E-state index contributed by atoms with van der Waals surface area (Å²) in [6.07, 6.45) is 2.26. The quantitative estimate of drug-likeness (QED) is 0.633. The van der Waals surface area contributed by atoms with Crippen molar-refractivity contribution in [3.8, 4) is 5.75 Å². The maximum atomic E-state index is 11.6. The Kier molecular flexibility index (Phi) is 5.44. The second-order valence-electron chi connectivity index (χ2n) is 3.43. The van der Waals surface area contributed by atoms with Gasteiger partial charge in [-0.15, -0.1) is 0 Å². The predicted octanol–water partition coefficient (Wildman–Crippen LogP) is 2.29. The zero-order valence-electron chi connectivity index (χ0n) is 10.1. The first-order chi connectivity index (χ1) is 8.58. The van der Waals surface area contributed by atoms with Gasteiger partial charge in [0.1, 0.15) is 5.75 Å². The molecule has 98 valence electrons. The number of non-ortho nitro benzene ring substituents is 1. The highest BCUT2D eigenvalue weighted by Crippen LogP contribution is 2.28. The fraction of sp³-hybridized carbons (Fsp3) is 0.364. The minimum absolute atomic E-state index is 0.0871. The second kappa shape index (κ2) is 6.85. The third kappa shape index (κ3) is 3.92. The lowest BCUT2D eigenvalue weighted by atomic mass is 10.2. The molecule has 0 radical (unpaired) electrons. The summed E-state index contributed by atoms with van der Waals surface area (Å²) in [4.78, 5) is 21.7. The van der Waals surface area contributed by atoms with E-state index in [2.05, 4.69) is 5.32 Å². The summed E-state index contributed by atoms with van der Waals surface area (Å²) in [6, 6.07) is 4.08. The van der Waals surface area contributed by atoms with Crippen LogP contribution in [-0.2, 0) is 4.79 Å². The highest BCUT2D eigenvalue weighted by atomic mass is 32.2. The van der Waals surface area contributed by atoms with Crippen molar-refractivity contribution in [2.75, 3.05) is 24.4 Å². The van der Waals surface area contributed by atoms with Crippen LogP contribution in [0.3, 0.4) is 0 Å². The first kappa shape index (κ1) is 14.3. The second-order valence-corrected chi connectivity index (χ2v) is 4.42. The molecular weight excluding hydrogens is 256 g/mol. The van der Waals surface area contributed by atoms with Gasteiger partial charge in [0, 0.05) is 24.3 Å². The van der Waals surface area contributed by atoms with Crippen LogP contribution in [0.4, 0.5) is 11.4 Å². The molecule has 6 nitrogen and oxygen atoms in total. The average Bonchev–Trinajstić information content (AvgIpc) is 2.36. The monoisotopic (exact) mass is 270 g/mol. The summed E-state index contributed by atoms with van der Waals surface area (Å²) in [5, 5.41) is 13.3. The number of methoxy groups -OCH3 is 1. The molecule has 0 fully saturated rings. The summed E-state index contributed by atoms with van der Waals surface area (Å²) in [6.45, 7) is 0. The third-order valence-corrected chi connectivity index (χ3v) is 2.81. The Labute approximate surface area is 109 Å². The number of carbonyl (C=O) groups is 1. The zero-order chi connectivity index (χ0) is 13.5. The van der Waals surface area contributed by atoms with E-state index in [1.807, 2.05) is 6.26 Å². The molecule has 1 N–H and O–H groups in total. The number of nitro benzene ring substituents is 1. The van der Waals surface area contributed by atoms with E-state index < -0.39 is 4.92 Å². The first-order valence-corrected chi connectivity index (χ1v) is 6.59. The van der Waals surface area contributed by atoms with Crippen LogP contribution in [0.1, 0.15) is 6.42 Å². The molecule has 1 aromatic carbocycles. The summed E-state index contributed by atoms with van der Waals surface area (Å²) in [7, 11) is 1.44. The zero-order valence-corrected chi connectivity index (χ0v) is 11.0. The van der Waals surface area contributed by atoms with Crippen LogP contribution in [-0.4, -0.2) is 29.9 Å². The highest BCUT2D eigenvalue weighted by Gasteiger charge is 2.13. The van der Waals surface area contributed by atoms with Gasteiger partial charge >= 0.3 is 0 Å². The molecular formula is C11H14N2O4S. The van der Waals surface area contributed by atoms with Crippen molar-refractivity contribution >= 4 is 29.0 Å². The Bertz CT molecular complexity index is 451. The third-order valence-electron chi connectivity index (χ3n) is 2.20. The minimum Gasteiger partial charge on any atom is -0.495 e. The molecule has 1 amide bonds. The molecule has 0 saturated carbocycles. The van der Waals surface area contributed by atoms with Crippen molar-refractivity contribution in [2.24, 2.45) is 0 Å². The number of benzene rings is 1. The maximum absolute atomic E-state index is 11.6. The summed E-state index contributed by atoms with van der Waals surface area (Å²) < 4.78 is 5.04. The number of nitrogens with one attached hydrogen (secondary N) is 1. The lowest BCUT2D eigenvalue weighted by Crippen LogP contribution is -2.13. The molecule has 0 unspecified atom stereocenters. The van der Waals surface area contributed by atoms with Crippen molar-refractivity contribution in [3.63, 3.8) is 0 Å². The number of hydrogen-bond donors (Lipinski definition) is 1. The summed E-state index contributed by atoms with van der Waals surface area (Å²) in [5.41, 5.74) is 0.230. The molecule has 0 aliphatic rings. The number of thioether (sulfide) groups is 1. The van der Waals surface area contributed by atoms with Gasteiger partial charge in [-0.2, -0.15) is 11.8 Å². The van der Waals surface area contributed by atoms with E-state index in [0.717, 1.165) is 0 Å². The van der Waals surface area contributed by atoms with E-state index >= 15 is 0 Å². The fourth-order valence-corrected chi connectivity index (χ4v) is 1.70. The molecule has 7 heteroatoms. The van der Waals surface area contributed by atoms with E-state index in [1.54, 1.807) is 11.8 Å². The normalized spacial score (nSPS) is 9.89. The van der Waals surface area contributed by atoms with E-state index in [4.69, 9.17) is 4.74 Å². The Morgan fingerprint density at radius 3 is 2.83 bits per heavy atom. The van der Waals surface area contributed by atoms with E-state index in [0.29, 0.717) is 23.6 Å². The topological polar surface area (TPSA) is 81.5 Å². The molecule has 1 aromatic rings. The smallest absolute Gasteiger partial charge is 0.271 e. The number of anilines is 1. The average molecular weight is 270 g/mol. The van der Waals surface area contributed by atoms with Gasteiger partial charge in [0.15, 0.2) is 0 Å². The van der Waals surface area contributed by atoms with Crippen molar-refractivity contribution < 1.29 is 14.5 Å². The van der Waals surface area contributed by atoms with Crippen LogP contribution in [0.25, 0.3) is 0 Å². The van der Waals surface area contributed by atoms with Gasteiger partial charge in [-0.3, -0.25) is 14.9 Å². The summed E-state index contributed by atoms with van der Waals surface area (Å²) in [5.74, 6) is 0.907. The molecule has 0 saturated heterocycles. The Balaban J connectivity index is 2.87. The van der Waals surface area contributed by atoms with Crippen molar-refractivity contribution in [2.45, 2.75) is 6.42 Å². The molecule has 0 aromatic heterocycles. The Morgan fingerprint density at radius 2 is 2.28 bits per heavy atom. The molecule has 0 bridgehead atoms. The fourth-order valence-electron chi connectivity index (χ4n) is 1.31. The van der Waals surface area contributed by atoms with Crippen LogP contribution in [0.15, 0.2) is 18.2 Å². The number of ether oxygens (including phenoxy) is 1. The lowest BCUT2D eigenvalue weighted by molar-refractivity contribution is -0.384. The van der Waals surface area contributed by atoms with Gasteiger partial charge in [0.05, 0.1) is 17.7 Å². The van der Waals surface area contributed by atoms with Gasteiger partial charge in [0.25, 0.3) is 5.69 Å². The van der Waals surface area contributed by atoms with Crippen LogP contribution < -0.4 is 10.1 Å². The Hall–Kier alpha value is -1.76. The number of nitrogens with zero attached hydrogens (tertiary/aromatic N) is 1. The molecule has 0 atom stereocenters. The van der Waals surface area contributed by atoms with E-state index in [1.165, 1.54) is 25.3 Å². The van der Waals surface area contributed by atoms with Crippen LogP contribution in [0, 0.1) is 10.1 Å². The molecule has 0 heterocycles. The lowest BCUT2D eigenvalue weighted by Gasteiger charge is -2.09. The largest absolute Gasteiger partial charge is 0.495 e. The van der Waals surface area contributed by atoms with Gasteiger partial charge in [-0.25, -0.2) is 0 Å². The van der Waals surface area contributed by atoms with E-state index in [9.17, 15) is 14.9 Å². The SMILES string of the molecule is COc1ccc([N+](=O)[O-])cc1NC(=O)CCSC.